The molecule has 4 rings (SSSR count). The molecule has 0 bridgehead atoms. The van der Waals surface area contributed by atoms with E-state index in [-0.39, 0.29) is 29.1 Å². The Morgan fingerprint density at radius 3 is 2.77 bits per heavy atom. The molecule has 1 saturated heterocycles. The second-order valence-electron chi connectivity index (χ2n) is 7.97. The smallest absolute Gasteiger partial charge is 0.398 e. The molecule has 0 spiro atoms. The third-order valence-electron chi connectivity index (χ3n) is 5.86. The second kappa shape index (κ2) is 8.24. The number of fused-ring (bicyclic) bond motifs is 1. The number of aryl methyl sites for hydroxylation is 1. The molecule has 1 aliphatic heterocycles. The summed E-state index contributed by atoms with van der Waals surface area (Å²) in [6.07, 6.45) is -0.262. The van der Waals surface area contributed by atoms with Crippen LogP contribution >= 0.6 is 0 Å². The standard InChI is InChI=1S/C21H25F3N6O/c1-26-19(31)12-4-3-9-30(11-12)18-14-5-2-6-17(14)28-20(29-18)27-13-7-8-16(25)15(10-13)21(22,23)24/h7-8,10,12H,2-6,9,11,25H2,1H3,(H,26,31)(H,27,28,29)/t12-/m1/s1. The van der Waals surface area contributed by atoms with Crippen LogP contribution in [0.3, 0.4) is 0 Å². The van der Waals surface area contributed by atoms with E-state index >= 15 is 0 Å². The van der Waals surface area contributed by atoms with Crippen molar-refractivity contribution in [3.63, 3.8) is 0 Å². The van der Waals surface area contributed by atoms with Gasteiger partial charge in [-0.2, -0.15) is 18.2 Å². The third-order valence-corrected chi connectivity index (χ3v) is 5.86. The Balaban J connectivity index is 1.65. The van der Waals surface area contributed by atoms with Crippen molar-refractivity contribution >= 4 is 29.0 Å². The highest BCUT2D eigenvalue weighted by Gasteiger charge is 2.33. The Labute approximate surface area is 178 Å². The monoisotopic (exact) mass is 434 g/mol. The molecule has 1 amide bonds. The van der Waals surface area contributed by atoms with E-state index in [1.165, 1.54) is 12.1 Å². The first-order valence-electron chi connectivity index (χ1n) is 10.4. The molecule has 31 heavy (non-hydrogen) atoms. The van der Waals surface area contributed by atoms with Gasteiger partial charge in [0.2, 0.25) is 11.9 Å². The molecule has 0 saturated carbocycles. The Bertz CT molecular complexity index is 994. The normalized spacial score (nSPS) is 18.6. The van der Waals surface area contributed by atoms with Gasteiger partial charge in [-0.3, -0.25) is 4.79 Å². The van der Waals surface area contributed by atoms with Crippen LogP contribution in [0.2, 0.25) is 0 Å². The zero-order chi connectivity index (χ0) is 22.2. The van der Waals surface area contributed by atoms with E-state index in [2.05, 4.69) is 25.5 Å². The molecule has 1 aromatic heterocycles. The van der Waals surface area contributed by atoms with Crippen LogP contribution in [0.15, 0.2) is 18.2 Å². The number of benzene rings is 1. The lowest BCUT2D eigenvalue weighted by molar-refractivity contribution is -0.136. The number of nitrogens with zero attached hydrogens (tertiary/aromatic N) is 3. The molecule has 7 nitrogen and oxygen atoms in total. The summed E-state index contributed by atoms with van der Waals surface area (Å²) in [5, 5.41) is 5.63. The molecule has 10 heteroatoms. The van der Waals surface area contributed by atoms with Gasteiger partial charge in [0, 0.05) is 37.1 Å². The first kappa shape index (κ1) is 21.2. The van der Waals surface area contributed by atoms with Crippen LogP contribution < -0.4 is 21.3 Å². The van der Waals surface area contributed by atoms with Gasteiger partial charge in [0.25, 0.3) is 0 Å². The van der Waals surface area contributed by atoms with Gasteiger partial charge in [-0.15, -0.1) is 0 Å². The van der Waals surface area contributed by atoms with Gasteiger partial charge in [0.1, 0.15) is 5.82 Å². The molecule has 1 aliphatic carbocycles. The molecule has 2 aliphatic rings. The first-order chi connectivity index (χ1) is 14.8. The summed E-state index contributed by atoms with van der Waals surface area (Å²) in [5.41, 5.74) is 6.45. The van der Waals surface area contributed by atoms with Crippen molar-refractivity contribution in [2.75, 3.05) is 36.1 Å². The zero-order valence-electron chi connectivity index (χ0n) is 17.2. The van der Waals surface area contributed by atoms with Gasteiger partial charge < -0.3 is 21.3 Å². The van der Waals surface area contributed by atoms with Gasteiger partial charge in [0.15, 0.2) is 0 Å². The summed E-state index contributed by atoms with van der Waals surface area (Å²) in [7, 11) is 1.63. The number of carbonyl (C=O) groups is 1. The highest BCUT2D eigenvalue weighted by molar-refractivity contribution is 5.79. The zero-order valence-corrected chi connectivity index (χ0v) is 17.2. The topological polar surface area (TPSA) is 96.2 Å². The van der Waals surface area contributed by atoms with Gasteiger partial charge in [-0.25, -0.2) is 4.98 Å². The van der Waals surface area contributed by atoms with E-state index in [0.29, 0.717) is 6.54 Å². The lowest BCUT2D eigenvalue weighted by Gasteiger charge is -2.34. The molecule has 0 unspecified atom stereocenters. The SMILES string of the molecule is CNC(=O)[C@@H]1CCCN(c2nc(Nc3ccc(N)c(C(F)(F)F)c3)nc3c2CCC3)C1. The molecule has 0 radical (unpaired) electrons. The van der Waals surface area contributed by atoms with Crippen LogP contribution in [0.25, 0.3) is 0 Å². The van der Waals surface area contributed by atoms with E-state index in [0.717, 1.165) is 61.8 Å². The van der Waals surface area contributed by atoms with Crippen LogP contribution in [0.1, 0.15) is 36.1 Å². The number of rotatable bonds is 4. The molecule has 1 aromatic carbocycles. The van der Waals surface area contributed by atoms with Gasteiger partial charge in [0.05, 0.1) is 17.2 Å². The number of nitrogen functional groups attached to an aromatic ring is 1. The summed E-state index contributed by atoms with van der Waals surface area (Å²) >= 11 is 0. The van der Waals surface area contributed by atoms with Crippen LogP contribution in [0.4, 0.5) is 36.3 Å². The van der Waals surface area contributed by atoms with Crippen LogP contribution in [0.5, 0.6) is 0 Å². The summed E-state index contributed by atoms with van der Waals surface area (Å²) in [6.45, 7) is 1.33. The fourth-order valence-corrected chi connectivity index (χ4v) is 4.33. The van der Waals surface area contributed by atoms with Crippen molar-refractivity contribution in [3.05, 3.63) is 35.0 Å². The average Bonchev–Trinajstić information content (AvgIpc) is 3.22. The third kappa shape index (κ3) is 4.38. The predicted molar refractivity (Wildman–Crippen MR) is 112 cm³/mol. The van der Waals surface area contributed by atoms with E-state index < -0.39 is 11.7 Å². The van der Waals surface area contributed by atoms with Crippen LogP contribution in [-0.4, -0.2) is 36.0 Å². The van der Waals surface area contributed by atoms with E-state index in [1.807, 2.05) is 0 Å². The van der Waals surface area contributed by atoms with Crippen molar-refractivity contribution < 1.29 is 18.0 Å². The summed E-state index contributed by atoms with van der Waals surface area (Å²) in [4.78, 5) is 23.4. The average molecular weight is 434 g/mol. The van der Waals surface area contributed by atoms with E-state index in [9.17, 15) is 18.0 Å². The Morgan fingerprint density at radius 2 is 2.03 bits per heavy atom. The number of nitrogens with two attached hydrogens (primary N) is 1. The van der Waals surface area contributed by atoms with Crippen molar-refractivity contribution in [1.29, 1.82) is 0 Å². The van der Waals surface area contributed by atoms with E-state index in [4.69, 9.17) is 5.73 Å². The molecule has 1 atom stereocenters. The molecule has 2 heterocycles. The number of piperidine rings is 1. The number of carbonyl (C=O) groups excluding carboxylic acids is 1. The Morgan fingerprint density at radius 1 is 1.23 bits per heavy atom. The van der Waals surface area contributed by atoms with E-state index in [1.54, 1.807) is 7.05 Å². The minimum absolute atomic E-state index is 0.00954. The number of hydrogen-bond acceptors (Lipinski definition) is 6. The largest absolute Gasteiger partial charge is 0.418 e. The predicted octanol–water partition coefficient (Wildman–Crippen LogP) is 3.27. The lowest BCUT2D eigenvalue weighted by atomic mass is 9.97. The minimum atomic E-state index is -4.55. The highest BCUT2D eigenvalue weighted by Crippen LogP contribution is 2.36. The van der Waals surface area contributed by atoms with Crippen molar-refractivity contribution in [2.24, 2.45) is 5.92 Å². The quantitative estimate of drug-likeness (QED) is 0.640. The van der Waals surface area contributed by atoms with Crippen LogP contribution in [0, 0.1) is 5.92 Å². The lowest BCUT2D eigenvalue weighted by Crippen LogP contribution is -2.43. The van der Waals surface area contributed by atoms with Crippen molar-refractivity contribution in [1.82, 2.24) is 15.3 Å². The number of amides is 1. The molecule has 4 N–H and O–H groups in total. The molecule has 2 aromatic rings. The summed E-state index contributed by atoms with van der Waals surface area (Å²) < 4.78 is 39.6. The van der Waals surface area contributed by atoms with Gasteiger partial charge in [-0.05, 0) is 50.3 Å². The fraction of sp³-hybridized carbons (Fsp3) is 0.476. The molecular weight excluding hydrogens is 409 g/mol. The van der Waals surface area contributed by atoms with Crippen LogP contribution in [-0.2, 0) is 23.8 Å². The maximum absolute atomic E-state index is 13.2. The number of halogens is 3. The minimum Gasteiger partial charge on any atom is -0.398 e. The number of aromatic nitrogens is 2. The van der Waals surface area contributed by atoms with Crippen molar-refractivity contribution in [3.8, 4) is 0 Å². The molecular formula is C21H25F3N6O. The van der Waals surface area contributed by atoms with Crippen molar-refractivity contribution in [2.45, 2.75) is 38.3 Å². The highest BCUT2D eigenvalue weighted by atomic mass is 19.4. The first-order valence-corrected chi connectivity index (χ1v) is 10.4. The number of alkyl halides is 3. The number of anilines is 4. The summed E-state index contributed by atoms with van der Waals surface area (Å²) in [5.74, 6) is 0.907. The number of nitrogens with one attached hydrogen (secondary N) is 2. The molecule has 1 fully saturated rings. The maximum Gasteiger partial charge on any atom is 0.418 e. The number of hydrogen-bond donors (Lipinski definition) is 3. The maximum atomic E-state index is 13.2. The van der Waals surface area contributed by atoms with Gasteiger partial charge >= 0.3 is 6.18 Å². The second-order valence-corrected chi connectivity index (χ2v) is 7.97. The Hall–Kier alpha value is -3.04. The summed E-state index contributed by atoms with van der Waals surface area (Å²) in [6, 6.07) is 3.66. The Kier molecular flexibility index (Phi) is 5.63. The fourth-order valence-electron chi connectivity index (χ4n) is 4.33. The van der Waals surface area contributed by atoms with Gasteiger partial charge in [-0.1, -0.05) is 0 Å². The molecule has 166 valence electrons.